The van der Waals surface area contributed by atoms with Gasteiger partial charge in [-0.1, -0.05) is 29.8 Å². The van der Waals surface area contributed by atoms with E-state index in [1.807, 2.05) is 30.3 Å². The van der Waals surface area contributed by atoms with Crippen LogP contribution < -0.4 is 0 Å². The molecule has 1 saturated carbocycles. The zero-order valence-electron chi connectivity index (χ0n) is 16.0. The van der Waals surface area contributed by atoms with Crippen LogP contribution in [0.3, 0.4) is 0 Å². The van der Waals surface area contributed by atoms with E-state index in [9.17, 15) is 12.8 Å². The number of rotatable bonds is 4. The molecule has 0 bridgehead atoms. The molecular formula is C21H19ClFN3O3S. The largest absolute Gasteiger partial charge is 0.420 e. The van der Waals surface area contributed by atoms with E-state index in [2.05, 4.69) is 10.2 Å². The first-order valence-electron chi connectivity index (χ1n) is 9.73. The van der Waals surface area contributed by atoms with Crippen LogP contribution in [-0.4, -0.2) is 36.0 Å². The summed E-state index contributed by atoms with van der Waals surface area (Å²) in [5.41, 5.74) is 0.877. The van der Waals surface area contributed by atoms with Gasteiger partial charge in [-0.3, -0.25) is 0 Å². The Hall–Kier alpha value is -2.29. The first-order valence-corrected chi connectivity index (χ1v) is 11.5. The molecule has 9 heteroatoms. The lowest BCUT2D eigenvalue weighted by Gasteiger charge is -2.32. The van der Waals surface area contributed by atoms with Gasteiger partial charge < -0.3 is 4.42 Å². The van der Waals surface area contributed by atoms with Crippen molar-refractivity contribution in [3.63, 3.8) is 0 Å². The summed E-state index contributed by atoms with van der Waals surface area (Å²) in [4.78, 5) is -0.0572. The van der Waals surface area contributed by atoms with Crippen LogP contribution >= 0.6 is 11.6 Å². The number of piperidine rings is 1. The van der Waals surface area contributed by atoms with Crippen LogP contribution in [0.5, 0.6) is 0 Å². The van der Waals surface area contributed by atoms with Gasteiger partial charge in [0, 0.05) is 24.6 Å². The molecule has 1 saturated heterocycles. The maximum absolute atomic E-state index is 13.3. The van der Waals surface area contributed by atoms with Crippen molar-refractivity contribution < 1.29 is 17.2 Å². The van der Waals surface area contributed by atoms with E-state index >= 15 is 0 Å². The highest BCUT2D eigenvalue weighted by Crippen LogP contribution is 2.64. The van der Waals surface area contributed by atoms with Crippen LogP contribution in [0.4, 0.5) is 4.39 Å². The number of sulfonamides is 1. The van der Waals surface area contributed by atoms with Crippen molar-refractivity contribution in [2.45, 2.75) is 30.1 Å². The molecule has 2 fully saturated rings. The average Bonchev–Trinajstić information content (AvgIpc) is 3.20. The molecule has 1 aromatic heterocycles. The van der Waals surface area contributed by atoms with Gasteiger partial charge in [0.2, 0.25) is 21.8 Å². The highest BCUT2D eigenvalue weighted by molar-refractivity contribution is 7.89. The fourth-order valence-corrected chi connectivity index (χ4v) is 6.26. The van der Waals surface area contributed by atoms with Crippen LogP contribution in [-0.2, 0) is 10.0 Å². The Labute approximate surface area is 178 Å². The SMILES string of the molecule is O=S(=O)(c1ccc(F)cc1Cl)N1CCC2(CC1)C[C@H]2c1nnc(-c2ccccc2)o1. The Morgan fingerprint density at radius 2 is 1.83 bits per heavy atom. The topological polar surface area (TPSA) is 76.3 Å². The number of benzene rings is 2. The smallest absolute Gasteiger partial charge is 0.247 e. The number of halogens is 2. The highest BCUT2D eigenvalue weighted by atomic mass is 35.5. The number of nitrogens with zero attached hydrogens (tertiary/aromatic N) is 3. The third-order valence-corrected chi connectivity index (χ3v) is 8.56. The maximum Gasteiger partial charge on any atom is 0.247 e. The van der Waals surface area contributed by atoms with E-state index in [-0.39, 0.29) is 21.3 Å². The van der Waals surface area contributed by atoms with Gasteiger partial charge in [0.05, 0.1) is 5.02 Å². The summed E-state index contributed by atoms with van der Waals surface area (Å²) in [5.74, 6) is 0.707. The van der Waals surface area contributed by atoms with Crippen molar-refractivity contribution >= 4 is 21.6 Å². The molecule has 0 amide bonds. The van der Waals surface area contributed by atoms with Crippen molar-refractivity contribution in [2.75, 3.05) is 13.1 Å². The monoisotopic (exact) mass is 447 g/mol. The Kier molecular flexibility index (Phi) is 4.68. The van der Waals surface area contributed by atoms with Gasteiger partial charge in [-0.2, -0.15) is 4.31 Å². The Morgan fingerprint density at radius 3 is 2.53 bits per heavy atom. The predicted molar refractivity (Wildman–Crippen MR) is 109 cm³/mol. The summed E-state index contributed by atoms with van der Waals surface area (Å²) in [6.45, 7) is 0.762. The standard InChI is InChI=1S/C21H19ClFN3O3S/c22-17-12-15(23)6-7-18(17)30(27,28)26-10-8-21(9-11-26)13-16(21)20-25-24-19(29-20)14-4-2-1-3-5-14/h1-7,12,16H,8-11,13H2/t16-/m0/s1. The molecule has 5 rings (SSSR count). The third-order valence-electron chi connectivity index (χ3n) is 6.18. The Balaban J connectivity index is 1.28. The number of hydrogen-bond acceptors (Lipinski definition) is 5. The van der Waals surface area contributed by atoms with Crippen LogP contribution in [0.2, 0.25) is 5.02 Å². The zero-order chi connectivity index (χ0) is 20.9. The quantitative estimate of drug-likeness (QED) is 0.589. The van der Waals surface area contributed by atoms with Crippen LogP contribution in [0.15, 0.2) is 57.8 Å². The summed E-state index contributed by atoms with van der Waals surface area (Å²) in [5, 5.41) is 8.31. The molecule has 2 aliphatic rings. The van der Waals surface area contributed by atoms with Gasteiger partial charge in [-0.15, -0.1) is 10.2 Å². The molecule has 30 heavy (non-hydrogen) atoms. The summed E-state index contributed by atoms with van der Waals surface area (Å²) in [6, 6.07) is 13.0. The average molecular weight is 448 g/mol. The molecule has 1 aliphatic carbocycles. The summed E-state index contributed by atoms with van der Waals surface area (Å²) < 4.78 is 46.5. The maximum atomic E-state index is 13.3. The first kappa shape index (κ1) is 19.7. The highest BCUT2D eigenvalue weighted by Gasteiger charge is 2.59. The second kappa shape index (κ2) is 7.14. The van der Waals surface area contributed by atoms with Gasteiger partial charge >= 0.3 is 0 Å². The summed E-state index contributed by atoms with van der Waals surface area (Å²) >= 11 is 5.98. The molecule has 0 radical (unpaired) electrons. The molecule has 2 aromatic carbocycles. The van der Waals surface area contributed by atoms with Crippen molar-refractivity contribution in [2.24, 2.45) is 5.41 Å². The normalized spacial score (nSPS) is 21.1. The van der Waals surface area contributed by atoms with E-state index in [0.29, 0.717) is 37.7 Å². The summed E-state index contributed by atoms with van der Waals surface area (Å²) in [7, 11) is -3.76. The molecule has 0 unspecified atom stereocenters. The van der Waals surface area contributed by atoms with Gasteiger partial charge in [0.1, 0.15) is 10.7 Å². The predicted octanol–water partition coefficient (Wildman–Crippen LogP) is 4.49. The van der Waals surface area contributed by atoms with Crippen LogP contribution in [0.1, 0.15) is 31.1 Å². The lowest BCUT2D eigenvalue weighted by Crippen LogP contribution is -2.39. The lowest BCUT2D eigenvalue weighted by atomic mass is 9.92. The number of hydrogen-bond donors (Lipinski definition) is 0. The lowest BCUT2D eigenvalue weighted by molar-refractivity contribution is 0.246. The molecule has 1 atom stereocenters. The van der Waals surface area contributed by atoms with E-state index in [4.69, 9.17) is 16.0 Å². The Bertz CT molecular complexity index is 1190. The second-order valence-electron chi connectivity index (χ2n) is 7.91. The van der Waals surface area contributed by atoms with Crippen molar-refractivity contribution in [3.8, 4) is 11.5 Å². The van der Waals surface area contributed by atoms with E-state index in [1.54, 1.807) is 0 Å². The minimum absolute atomic E-state index is 0.000891. The van der Waals surface area contributed by atoms with E-state index < -0.39 is 15.8 Å². The van der Waals surface area contributed by atoms with Gasteiger partial charge in [0.15, 0.2) is 0 Å². The van der Waals surface area contributed by atoms with Crippen molar-refractivity contribution in [3.05, 3.63) is 65.3 Å². The minimum Gasteiger partial charge on any atom is -0.420 e. The fourth-order valence-electron chi connectivity index (χ4n) is 4.32. The van der Waals surface area contributed by atoms with E-state index in [0.717, 1.165) is 24.1 Å². The minimum atomic E-state index is -3.76. The molecule has 156 valence electrons. The third kappa shape index (κ3) is 3.33. The molecule has 3 aromatic rings. The molecule has 1 aliphatic heterocycles. The van der Waals surface area contributed by atoms with Gasteiger partial charge in [-0.05, 0) is 55.0 Å². The number of aromatic nitrogens is 2. The van der Waals surface area contributed by atoms with Crippen LogP contribution in [0.25, 0.3) is 11.5 Å². The van der Waals surface area contributed by atoms with Crippen LogP contribution in [0, 0.1) is 11.2 Å². The molecule has 1 spiro atoms. The molecular weight excluding hydrogens is 429 g/mol. The molecule has 2 heterocycles. The molecule has 6 nitrogen and oxygen atoms in total. The van der Waals surface area contributed by atoms with Crippen molar-refractivity contribution in [1.82, 2.24) is 14.5 Å². The zero-order valence-corrected chi connectivity index (χ0v) is 17.5. The van der Waals surface area contributed by atoms with Crippen molar-refractivity contribution in [1.29, 1.82) is 0 Å². The van der Waals surface area contributed by atoms with Gasteiger partial charge in [0.25, 0.3) is 0 Å². The first-order chi connectivity index (χ1) is 14.4. The fraction of sp³-hybridized carbons (Fsp3) is 0.333. The second-order valence-corrected chi connectivity index (χ2v) is 10.2. The summed E-state index contributed by atoms with van der Waals surface area (Å²) in [6.07, 6.45) is 2.33. The van der Waals surface area contributed by atoms with Gasteiger partial charge in [-0.25, -0.2) is 12.8 Å². The van der Waals surface area contributed by atoms with E-state index in [1.165, 1.54) is 10.4 Å². The Morgan fingerprint density at radius 1 is 1.10 bits per heavy atom. The molecule has 0 N–H and O–H groups in total.